The smallest absolute Gasteiger partial charge is 0.302 e. The van der Waals surface area contributed by atoms with Gasteiger partial charge in [0.1, 0.15) is 17.7 Å². The van der Waals surface area contributed by atoms with Crippen molar-refractivity contribution in [1.82, 2.24) is 5.32 Å². The van der Waals surface area contributed by atoms with Crippen LogP contribution in [0.3, 0.4) is 0 Å². The first-order valence-corrected chi connectivity index (χ1v) is 5.12. The van der Waals surface area contributed by atoms with Gasteiger partial charge < -0.3 is 5.32 Å². The van der Waals surface area contributed by atoms with Crippen LogP contribution in [-0.4, -0.2) is 12.7 Å². The lowest BCUT2D eigenvalue weighted by Crippen LogP contribution is -2.36. The second kappa shape index (κ2) is 5.44. The Kier molecular flexibility index (Phi) is 4.45. The molecule has 6 heteroatoms. The van der Waals surface area contributed by atoms with Crippen molar-refractivity contribution in [2.45, 2.75) is 25.6 Å². The van der Waals surface area contributed by atoms with E-state index in [4.69, 9.17) is 0 Å². The Balaban J connectivity index is 3.13. The zero-order chi connectivity index (χ0) is 13.1. The van der Waals surface area contributed by atoms with E-state index >= 15 is 0 Å². The minimum atomic E-state index is -4.74. The molecule has 1 N–H and O–H groups in total. The molecule has 1 aromatic carbocycles. The Morgan fingerprint density at radius 2 is 1.71 bits per heavy atom. The molecule has 96 valence electrons. The maximum atomic E-state index is 13.3. The van der Waals surface area contributed by atoms with Crippen molar-refractivity contribution >= 4 is 0 Å². The van der Waals surface area contributed by atoms with Crippen molar-refractivity contribution in [3.05, 3.63) is 35.4 Å². The summed E-state index contributed by atoms with van der Waals surface area (Å²) in [5.41, 5.74) is -0.978. The molecule has 0 spiro atoms. The largest absolute Gasteiger partial charge is 0.408 e. The Bertz CT molecular complexity index is 354. The first-order chi connectivity index (χ1) is 7.88. The van der Waals surface area contributed by atoms with Crippen molar-refractivity contribution in [3.8, 4) is 0 Å². The summed E-state index contributed by atoms with van der Waals surface area (Å²) in [4.78, 5) is 0. The third kappa shape index (κ3) is 3.39. The Hall–Kier alpha value is -1.17. The van der Waals surface area contributed by atoms with E-state index in [1.54, 1.807) is 6.92 Å². The molecule has 0 heterocycles. The van der Waals surface area contributed by atoms with Crippen LogP contribution >= 0.6 is 0 Å². The van der Waals surface area contributed by atoms with Gasteiger partial charge in [0, 0.05) is 5.56 Å². The van der Waals surface area contributed by atoms with E-state index in [1.807, 2.05) is 0 Å². The van der Waals surface area contributed by atoms with Crippen LogP contribution in [0.5, 0.6) is 0 Å². The summed E-state index contributed by atoms with van der Waals surface area (Å²) in [7, 11) is 0. The molecular formula is C11H12F5N. The second-order valence-corrected chi connectivity index (χ2v) is 3.56. The van der Waals surface area contributed by atoms with Crippen LogP contribution in [-0.2, 0) is 0 Å². The molecule has 0 fully saturated rings. The lowest BCUT2D eigenvalue weighted by molar-refractivity contribution is -0.158. The molecule has 1 aromatic rings. The zero-order valence-electron chi connectivity index (χ0n) is 9.11. The van der Waals surface area contributed by atoms with Crippen LogP contribution in [0, 0.1) is 11.6 Å². The molecule has 1 atom stereocenters. The SMILES string of the molecule is CCCNC(c1c(F)cccc1F)C(F)(F)F. The number of benzene rings is 1. The fraction of sp³-hybridized carbons (Fsp3) is 0.455. The Labute approximate surface area is 95.6 Å². The minimum Gasteiger partial charge on any atom is -0.302 e. The molecule has 0 aliphatic heterocycles. The lowest BCUT2D eigenvalue weighted by Gasteiger charge is -2.22. The predicted octanol–water partition coefficient (Wildman–Crippen LogP) is 3.57. The molecule has 0 radical (unpaired) electrons. The van der Waals surface area contributed by atoms with Crippen LogP contribution in [0.25, 0.3) is 0 Å². The van der Waals surface area contributed by atoms with Gasteiger partial charge in [-0.1, -0.05) is 13.0 Å². The third-order valence-corrected chi connectivity index (χ3v) is 2.21. The summed E-state index contributed by atoms with van der Waals surface area (Å²) in [5, 5.41) is 2.10. The summed E-state index contributed by atoms with van der Waals surface area (Å²) >= 11 is 0. The molecule has 0 amide bonds. The number of hydrogen-bond donors (Lipinski definition) is 1. The first kappa shape index (κ1) is 13.9. The maximum Gasteiger partial charge on any atom is 0.408 e. The molecule has 0 saturated carbocycles. The van der Waals surface area contributed by atoms with Crippen LogP contribution in [0.2, 0.25) is 0 Å². The fourth-order valence-corrected chi connectivity index (χ4v) is 1.46. The zero-order valence-corrected chi connectivity index (χ0v) is 9.11. The highest BCUT2D eigenvalue weighted by Crippen LogP contribution is 2.35. The normalized spacial score (nSPS) is 13.8. The van der Waals surface area contributed by atoms with E-state index in [0.717, 1.165) is 18.2 Å². The number of nitrogens with one attached hydrogen (secondary N) is 1. The number of alkyl halides is 3. The summed E-state index contributed by atoms with van der Waals surface area (Å²) in [5.74, 6) is -2.40. The van der Waals surface area contributed by atoms with Gasteiger partial charge >= 0.3 is 6.18 Å². The second-order valence-electron chi connectivity index (χ2n) is 3.56. The van der Waals surface area contributed by atoms with Crippen LogP contribution < -0.4 is 5.32 Å². The summed E-state index contributed by atoms with van der Waals surface area (Å²) < 4.78 is 64.6. The van der Waals surface area contributed by atoms with E-state index < -0.39 is 29.4 Å². The van der Waals surface area contributed by atoms with Gasteiger partial charge in [-0.25, -0.2) is 8.78 Å². The van der Waals surface area contributed by atoms with Crippen molar-refractivity contribution in [3.63, 3.8) is 0 Å². The summed E-state index contributed by atoms with van der Waals surface area (Å²) in [6, 6.07) is 0.334. The predicted molar refractivity (Wildman–Crippen MR) is 53.4 cm³/mol. The van der Waals surface area contributed by atoms with Crippen molar-refractivity contribution < 1.29 is 22.0 Å². The van der Waals surface area contributed by atoms with E-state index in [1.165, 1.54) is 0 Å². The molecule has 17 heavy (non-hydrogen) atoms. The Morgan fingerprint density at radius 3 is 2.12 bits per heavy atom. The highest BCUT2D eigenvalue weighted by Gasteiger charge is 2.43. The van der Waals surface area contributed by atoms with Crippen LogP contribution in [0.4, 0.5) is 22.0 Å². The van der Waals surface area contributed by atoms with Crippen molar-refractivity contribution in [2.24, 2.45) is 0 Å². The molecule has 0 saturated heterocycles. The monoisotopic (exact) mass is 253 g/mol. The standard InChI is InChI=1S/C11H12F5N/c1-2-6-17-10(11(14,15)16)9-7(12)4-3-5-8(9)13/h3-5,10,17H,2,6H2,1H3. The van der Waals surface area contributed by atoms with Gasteiger partial charge in [-0.05, 0) is 25.1 Å². The van der Waals surface area contributed by atoms with Gasteiger partial charge in [0.15, 0.2) is 0 Å². The van der Waals surface area contributed by atoms with Gasteiger partial charge in [-0.3, -0.25) is 0 Å². The molecular weight excluding hydrogens is 241 g/mol. The minimum absolute atomic E-state index is 0.0257. The van der Waals surface area contributed by atoms with E-state index in [-0.39, 0.29) is 6.54 Å². The first-order valence-electron chi connectivity index (χ1n) is 5.12. The summed E-state index contributed by atoms with van der Waals surface area (Å²) in [6.45, 7) is 1.69. The molecule has 1 rings (SSSR count). The third-order valence-electron chi connectivity index (χ3n) is 2.21. The van der Waals surface area contributed by atoms with Gasteiger partial charge in [0.2, 0.25) is 0 Å². The molecule has 1 unspecified atom stereocenters. The average molecular weight is 253 g/mol. The average Bonchev–Trinajstić information content (AvgIpc) is 2.20. The molecule has 0 aliphatic carbocycles. The lowest BCUT2D eigenvalue weighted by atomic mass is 10.0. The van der Waals surface area contributed by atoms with Crippen LogP contribution in [0.1, 0.15) is 24.9 Å². The van der Waals surface area contributed by atoms with Gasteiger partial charge in [-0.15, -0.1) is 0 Å². The maximum absolute atomic E-state index is 13.3. The van der Waals surface area contributed by atoms with Crippen molar-refractivity contribution in [1.29, 1.82) is 0 Å². The summed E-state index contributed by atoms with van der Waals surface area (Å²) in [6.07, 6.45) is -4.30. The van der Waals surface area contributed by atoms with Crippen molar-refractivity contribution in [2.75, 3.05) is 6.54 Å². The fourth-order valence-electron chi connectivity index (χ4n) is 1.46. The quantitative estimate of drug-likeness (QED) is 0.809. The topological polar surface area (TPSA) is 12.0 Å². The number of rotatable bonds is 4. The van der Waals surface area contributed by atoms with Gasteiger partial charge in [-0.2, -0.15) is 13.2 Å². The van der Waals surface area contributed by atoms with E-state index in [2.05, 4.69) is 5.32 Å². The van der Waals surface area contributed by atoms with E-state index in [9.17, 15) is 22.0 Å². The number of hydrogen-bond acceptors (Lipinski definition) is 1. The molecule has 0 aliphatic rings. The highest BCUT2D eigenvalue weighted by molar-refractivity contribution is 5.24. The molecule has 0 aromatic heterocycles. The molecule has 0 bridgehead atoms. The van der Waals surface area contributed by atoms with Gasteiger partial charge in [0.05, 0.1) is 0 Å². The van der Waals surface area contributed by atoms with Crippen LogP contribution in [0.15, 0.2) is 18.2 Å². The van der Waals surface area contributed by atoms with Gasteiger partial charge in [0.25, 0.3) is 0 Å². The number of halogens is 5. The highest BCUT2D eigenvalue weighted by atomic mass is 19.4. The van der Waals surface area contributed by atoms with E-state index in [0.29, 0.717) is 6.42 Å². The Morgan fingerprint density at radius 1 is 1.18 bits per heavy atom. The molecule has 1 nitrogen and oxygen atoms in total.